The maximum atomic E-state index is 4.72. The van der Waals surface area contributed by atoms with Gasteiger partial charge in [-0.15, -0.1) is 5.10 Å². The molecule has 5 rings (SSSR count). The van der Waals surface area contributed by atoms with Crippen LogP contribution in [0.2, 0.25) is 0 Å². The van der Waals surface area contributed by atoms with Crippen molar-refractivity contribution in [2.24, 2.45) is 5.92 Å². The lowest BCUT2D eigenvalue weighted by molar-refractivity contribution is 0.301. The fraction of sp³-hybridized carbons (Fsp3) is 0.333. The van der Waals surface area contributed by atoms with Crippen LogP contribution in [0.1, 0.15) is 30.5 Å². The second-order valence-electron chi connectivity index (χ2n) is 7.66. The molecule has 0 aliphatic heterocycles. The van der Waals surface area contributed by atoms with Gasteiger partial charge in [-0.2, -0.15) is 0 Å². The topological polar surface area (TPSA) is 72.9 Å². The van der Waals surface area contributed by atoms with E-state index in [1.807, 2.05) is 29.3 Å². The Balaban J connectivity index is 1.27. The third-order valence-corrected chi connectivity index (χ3v) is 6.00. The zero-order chi connectivity index (χ0) is 19.6. The predicted octanol–water partition coefficient (Wildman–Crippen LogP) is 3.53. The highest BCUT2D eigenvalue weighted by Gasteiger charge is 2.16. The highest BCUT2D eigenvalue weighted by Crippen LogP contribution is 2.25. The Morgan fingerprint density at radius 1 is 1.14 bits per heavy atom. The monoisotopic (exact) mass is 499 g/mol. The number of aromatic nitrogens is 6. The molecule has 1 aliphatic carbocycles. The molecule has 29 heavy (non-hydrogen) atoms. The average molecular weight is 499 g/mol. The molecule has 8 heteroatoms. The number of imidazole rings is 1. The lowest BCUT2D eigenvalue weighted by Crippen LogP contribution is -2.26. The lowest BCUT2D eigenvalue weighted by Gasteiger charge is -2.25. The Morgan fingerprint density at radius 2 is 2.07 bits per heavy atom. The highest BCUT2D eigenvalue weighted by molar-refractivity contribution is 14.1. The standard InChI is InChI=1S/C21H22IN7/c22-18-6-17(9-24-10-18)20-14-29(27-26-20)13-19-12-28-11-16(4-5-21(28)25-19)8-23-7-15-2-1-3-15/h4-6,9-12,14-15,23H,1-3,7-8,13H2. The molecular formula is C21H22IN7. The first kappa shape index (κ1) is 18.7. The van der Waals surface area contributed by atoms with Crippen molar-refractivity contribution in [3.8, 4) is 11.3 Å². The van der Waals surface area contributed by atoms with Gasteiger partial charge in [0.25, 0.3) is 0 Å². The average Bonchev–Trinajstić information content (AvgIpc) is 3.30. The van der Waals surface area contributed by atoms with Crippen LogP contribution in [0.3, 0.4) is 0 Å². The van der Waals surface area contributed by atoms with Crippen LogP contribution in [0.4, 0.5) is 0 Å². The van der Waals surface area contributed by atoms with E-state index in [2.05, 4.69) is 72.1 Å². The van der Waals surface area contributed by atoms with Gasteiger partial charge in [0.2, 0.25) is 0 Å². The number of fused-ring (bicyclic) bond motifs is 1. The van der Waals surface area contributed by atoms with E-state index in [1.165, 1.54) is 24.8 Å². The van der Waals surface area contributed by atoms with Gasteiger partial charge in [-0.1, -0.05) is 17.7 Å². The van der Waals surface area contributed by atoms with Crippen LogP contribution in [0.15, 0.2) is 49.2 Å². The number of hydrogen-bond donors (Lipinski definition) is 1. The van der Waals surface area contributed by atoms with Gasteiger partial charge in [0.1, 0.15) is 11.3 Å². The summed E-state index contributed by atoms with van der Waals surface area (Å²) in [6.07, 6.45) is 13.9. The second-order valence-corrected chi connectivity index (χ2v) is 8.90. The molecule has 1 saturated carbocycles. The van der Waals surface area contributed by atoms with Gasteiger partial charge in [-0.25, -0.2) is 9.67 Å². The summed E-state index contributed by atoms with van der Waals surface area (Å²) >= 11 is 2.25. The summed E-state index contributed by atoms with van der Waals surface area (Å²) in [5.41, 5.74) is 4.97. The van der Waals surface area contributed by atoms with E-state index in [-0.39, 0.29) is 0 Å². The molecule has 0 atom stereocenters. The van der Waals surface area contributed by atoms with E-state index in [9.17, 15) is 0 Å². The zero-order valence-corrected chi connectivity index (χ0v) is 18.2. The molecule has 0 saturated heterocycles. The smallest absolute Gasteiger partial charge is 0.137 e. The van der Waals surface area contributed by atoms with E-state index in [1.54, 1.807) is 0 Å². The predicted molar refractivity (Wildman–Crippen MR) is 119 cm³/mol. The third-order valence-electron chi connectivity index (χ3n) is 5.41. The summed E-state index contributed by atoms with van der Waals surface area (Å²) in [5.74, 6) is 0.876. The molecule has 0 spiro atoms. The van der Waals surface area contributed by atoms with Crippen LogP contribution in [-0.4, -0.2) is 35.9 Å². The molecule has 0 bridgehead atoms. The van der Waals surface area contributed by atoms with Crippen LogP contribution in [0, 0.1) is 9.49 Å². The van der Waals surface area contributed by atoms with E-state index in [0.29, 0.717) is 6.54 Å². The van der Waals surface area contributed by atoms with Gasteiger partial charge in [-0.05, 0) is 65.6 Å². The number of nitrogens with one attached hydrogen (secondary N) is 1. The maximum absolute atomic E-state index is 4.72. The minimum atomic E-state index is 0.585. The van der Waals surface area contributed by atoms with Crippen molar-refractivity contribution >= 4 is 28.2 Å². The Labute approximate surface area is 182 Å². The molecule has 4 heterocycles. The summed E-state index contributed by atoms with van der Waals surface area (Å²) < 4.78 is 4.99. The molecule has 1 aliphatic rings. The van der Waals surface area contributed by atoms with E-state index < -0.39 is 0 Å². The summed E-state index contributed by atoms with van der Waals surface area (Å²) in [6, 6.07) is 6.28. The Kier molecular flexibility index (Phi) is 5.28. The molecule has 7 nitrogen and oxygen atoms in total. The van der Waals surface area contributed by atoms with Crippen molar-refractivity contribution in [1.82, 2.24) is 34.7 Å². The summed E-state index contributed by atoms with van der Waals surface area (Å²) in [4.78, 5) is 8.94. The zero-order valence-electron chi connectivity index (χ0n) is 16.0. The third kappa shape index (κ3) is 4.32. The fourth-order valence-electron chi connectivity index (χ4n) is 3.61. The molecule has 4 aromatic heterocycles. The van der Waals surface area contributed by atoms with Crippen LogP contribution < -0.4 is 5.32 Å². The molecule has 0 unspecified atom stereocenters. The highest BCUT2D eigenvalue weighted by atomic mass is 127. The first-order valence-electron chi connectivity index (χ1n) is 9.91. The van der Waals surface area contributed by atoms with Crippen molar-refractivity contribution in [3.63, 3.8) is 0 Å². The normalized spacial score (nSPS) is 14.4. The number of nitrogens with zero attached hydrogens (tertiary/aromatic N) is 6. The summed E-state index contributed by atoms with van der Waals surface area (Å²) in [6.45, 7) is 2.61. The minimum Gasteiger partial charge on any atom is -0.312 e. The fourth-order valence-corrected chi connectivity index (χ4v) is 4.11. The number of rotatable bonds is 7. The quantitative estimate of drug-likeness (QED) is 0.394. The summed E-state index contributed by atoms with van der Waals surface area (Å²) in [7, 11) is 0. The van der Waals surface area contributed by atoms with Gasteiger partial charge in [0.15, 0.2) is 0 Å². The van der Waals surface area contributed by atoms with Gasteiger partial charge in [0.05, 0.1) is 18.4 Å². The second kappa shape index (κ2) is 8.19. The van der Waals surface area contributed by atoms with Gasteiger partial charge < -0.3 is 9.72 Å². The van der Waals surface area contributed by atoms with E-state index >= 15 is 0 Å². The molecule has 4 aromatic rings. The number of hydrogen-bond acceptors (Lipinski definition) is 5. The Morgan fingerprint density at radius 3 is 2.90 bits per heavy atom. The molecule has 148 valence electrons. The first-order valence-corrected chi connectivity index (χ1v) is 11.0. The Bertz CT molecular complexity index is 1130. The summed E-state index contributed by atoms with van der Waals surface area (Å²) in [5, 5.41) is 12.1. The maximum Gasteiger partial charge on any atom is 0.137 e. The van der Waals surface area contributed by atoms with E-state index in [0.717, 1.165) is 45.2 Å². The molecule has 1 fully saturated rings. The number of halogens is 1. The van der Waals surface area contributed by atoms with Crippen molar-refractivity contribution < 1.29 is 0 Å². The SMILES string of the molecule is Ic1cncc(-c2cn(Cc3cn4cc(CNCC5CCC5)ccc4n3)nn2)c1. The number of pyridine rings is 2. The molecule has 0 amide bonds. The van der Waals surface area contributed by atoms with Crippen LogP contribution in [-0.2, 0) is 13.1 Å². The van der Waals surface area contributed by atoms with Crippen molar-refractivity contribution in [1.29, 1.82) is 0 Å². The lowest BCUT2D eigenvalue weighted by atomic mass is 9.85. The van der Waals surface area contributed by atoms with Crippen LogP contribution in [0.25, 0.3) is 16.9 Å². The van der Waals surface area contributed by atoms with Gasteiger partial charge in [-0.3, -0.25) is 4.98 Å². The molecular weight excluding hydrogens is 477 g/mol. The van der Waals surface area contributed by atoms with Crippen molar-refractivity contribution in [3.05, 3.63) is 64.0 Å². The largest absolute Gasteiger partial charge is 0.312 e. The molecule has 0 radical (unpaired) electrons. The van der Waals surface area contributed by atoms with Crippen LogP contribution >= 0.6 is 22.6 Å². The Hall–Kier alpha value is -2.33. The van der Waals surface area contributed by atoms with Crippen molar-refractivity contribution in [2.75, 3.05) is 6.54 Å². The first-order chi connectivity index (χ1) is 14.2. The van der Waals surface area contributed by atoms with Crippen LogP contribution in [0.5, 0.6) is 0 Å². The van der Waals surface area contributed by atoms with Gasteiger partial charge in [0, 0.05) is 40.5 Å². The minimum absolute atomic E-state index is 0.585. The van der Waals surface area contributed by atoms with Crippen molar-refractivity contribution in [2.45, 2.75) is 32.4 Å². The molecule has 1 N–H and O–H groups in total. The van der Waals surface area contributed by atoms with Gasteiger partial charge >= 0.3 is 0 Å². The van der Waals surface area contributed by atoms with E-state index in [4.69, 9.17) is 4.98 Å². The molecule has 0 aromatic carbocycles.